The number of nitrogens with one attached hydrogen (secondary N) is 1. The topological polar surface area (TPSA) is 59.9 Å². The van der Waals surface area contributed by atoms with Gasteiger partial charge in [-0.3, -0.25) is 4.79 Å². The molecule has 3 rings (SSSR count). The van der Waals surface area contributed by atoms with E-state index < -0.39 is 6.10 Å². The minimum Gasteiger partial charge on any atom is -0.494 e. The highest BCUT2D eigenvalue weighted by atomic mass is 16.5. The van der Waals surface area contributed by atoms with E-state index in [2.05, 4.69) is 17.5 Å². The van der Waals surface area contributed by atoms with Crippen molar-refractivity contribution in [3.63, 3.8) is 0 Å². The van der Waals surface area contributed by atoms with E-state index in [4.69, 9.17) is 9.47 Å². The van der Waals surface area contributed by atoms with Crippen molar-refractivity contribution >= 4 is 22.9 Å². The Morgan fingerprint density at radius 1 is 1.04 bits per heavy atom. The highest BCUT2D eigenvalue weighted by Crippen LogP contribution is 2.21. The van der Waals surface area contributed by atoms with Crippen LogP contribution in [0.25, 0.3) is 10.8 Å². The molecular formula is C23H24N2O3. The van der Waals surface area contributed by atoms with Gasteiger partial charge in [0.1, 0.15) is 11.5 Å². The Labute approximate surface area is 165 Å². The number of carbonyl (C=O) groups excluding carboxylic acids is 1. The van der Waals surface area contributed by atoms with E-state index in [1.165, 1.54) is 0 Å². The van der Waals surface area contributed by atoms with Gasteiger partial charge in [-0.2, -0.15) is 5.10 Å². The zero-order valence-electron chi connectivity index (χ0n) is 16.1. The first-order valence-electron chi connectivity index (χ1n) is 9.37. The summed E-state index contributed by atoms with van der Waals surface area (Å²) in [5.41, 5.74) is 3.38. The molecular weight excluding hydrogens is 352 g/mol. The van der Waals surface area contributed by atoms with Gasteiger partial charge in [0.25, 0.3) is 5.91 Å². The third-order valence-corrected chi connectivity index (χ3v) is 4.14. The van der Waals surface area contributed by atoms with Gasteiger partial charge in [0, 0.05) is 0 Å². The van der Waals surface area contributed by atoms with Gasteiger partial charge >= 0.3 is 0 Å². The highest BCUT2D eigenvalue weighted by molar-refractivity contribution is 5.85. The van der Waals surface area contributed by atoms with Crippen LogP contribution >= 0.6 is 0 Å². The Kier molecular flexibility index (Phi) is 6.63. The second-order valence-corrected chi connectivity index (χ2v) is 6.42. The summed E-state index contributed by atoms with van der Waals surface area (Å²) in [5, 5.41) is 6.19. The summed E-state index contributed by atoms with van der Waals surface area (Å²) < 4.78 is 11.3. The van der Waals surface area contributed by atoms with E-state index in [-0.39, 0.29) is 5.91 Å². The molecule has 3 aromatic carbocycles. The zero-order chi connectivity index (χ0) is 19.8. The summed E-state index contributed by atoms with van der Waals surface area (Å²) in [4.78, 5) is 12.2. The van der Waals surface area contributed by atoms with Gasteiger partial charge in [-0.1, -0.05) is 37.3 Å². The van der Waals surface area contributed by atoms with Gasteiger partial charge in [0.05, 0.1) is 12.8 Å². The third-order valence-electron chi connectivity index (χ3n) is 4.14. The molecule has 0 aliphatic heterocycles. The molecule has 28 heavy (non-hydrogen) atoms. The minimum atomic E-state index is -0.664. The molecule has 0 fully saturated rings. The van der Waals surface area contributed by atoms with Crippen LogP contribution in [0.1, 0.15) is 25.8 Å². The molecule has 3 aromatic rings. The second kappa shape index (κ2) is 9.55. The van der Waals surface area contributed by atoms with Gasteiger partial charge in [-0.05, 0) is 66.1 Å². The first kappa shape index (κ1) is 19.4. The number of amides is 1. The van der Waals surface area contributed by atoms with Crippen molar-refractivity contribution in [1.29, 1.82) is 0 Å². The lowest BCUT2D eigenvalue weighted by molar-refractivity contribution is -0.127. The van der Waals surface area contributed by atoms with Crippen molar-refractivity contribution in [3.05, 3.63) is 72.3 Å². The lowest BCUT2D eigenvalue weighted by Gasteiger charge is -2.13. The smallest absolute Gasteiger partial charge is 0.280 e. The predicted octanol–water partition coefficient (Wildman–Crippen LogP) is 4.55. The van der Waals surface area contributed by atoms with Gasteiger partial charge in [-0.15, -0.1) is 0 Å². The first-order valence-corrected chi connectivity index (χ1v) is 9.37. The molecule has 1 atom stereocenters. The Morgan fingerprint density at radius 3 is 2.50 bits per heavy atom. The molecule has 1 amide bonds. The van der Waals surface area contributed by atoms with Crippen LogP contribution < -0.4 is 14.9 Å². The maximum Gasteiger partial charge on any atom is 0.280 e. The molecule has 0 spiro atoms. The van der Waals surface area contributed by atoms with Gasteiger partial charge in [0.2, 0.25) is 0 Å². The van der Waals surface area contributed by atoms with Gasteiger partial charge in [-0.25, -0.2) is 5.43 Å². The lowest BCUT2D eigenvalue weighted by atomic mass is 10.1. The Morgan fingerprint density at radius 2 is 1.75 bits per heavy atom. The van der Waals surface area contributed by atoms with Gasteiger partial charge in [0.15, 0.2) is 6.10 Å². The zero-order valence-corrected chi connectivity index (χ0v) is 16.1. The maximum atomic E-state index is 12.2. The summed E-state index contributed by atoms with van der Waals surface area (Å²) in [5.74, 6) is 1.15. The Hall–Kier alpha value is -3.34. The summed E-state index contributed by atoms with van der Waals surface area (Å²) in [6, 6.07) is 21.3. The Bertz CT molecular complexity index is 951. The normalized spacial score (nSPS) is 12.1. The fraction of sp³-hybridized carbons (Fsp3) is 0.217. The molecule has 5 nitrogen and oxygen atoms in total. The SMILES string of the molecule is CCCOc1ccc(/C=N\NC(=O)[C@@H](C)Oc2ccc3ccccc3c2)cc1. The Balaban J connectivity index is 1.52. The molecule has 0 saturated carbocycles. The monoisotopic (exact) mass is 376 g/mol. The van der Waals surface area contributed by atoms with Crippen LogP contribution in [0.2, 0.25) is 0 Å². The van der Waals surface area contributed by atoms with E-state index in [9.17, 15) is 4.79 Å². The van der Waals surface area contributed by atoms with Crippen molar-refractivity contribution in [2.24, 2.45) is 5.10 Å². The third kappa shape index (κ3) is 5.33. The number of fused-ring (bicyclic) bond motifs is 1. The standard InChI is InChI=1S/C23H24N2O3/c1-3-14-27-21-11-8-18(9-12-21)16-24-25-23(26)17(2)28-22-13-10-19-6-4-5-7-20(19)15-22/h4-13,15-17H,3,14H2,1-2H3,(H,25,26)/b24-16-/t17-/m1/s1. The van der Waals surface area contributed by atoms with Crippen LogP contribution in [0.5, 0.6) is 11.5 Å². The molecule has 0 unspecified atom stereocenters. The van der Waals surface area contributed by atoms with Crippen molar-refractivity contribution in [2.75, 3.05) is 6.61 Å². The number of carbonyl (C=O) groups is 1. The second-order valence-electron chi connectivity index (χ2n) is 6.42. The molecule has 0 heterocycles. The van der Waals surface area contributed by atoms with E-state index in [1.54, 1.807) is 13.1 Å². The number of hydrogen-bond acceptors (Lipinski definition) is 4. The number of nitrogens with zero attached hydrogens (tertiary/aromatic N) is 1. The van der Waals surface area contributed by atoms with Crippen molar-refractivity contribution in [2.45, 2.75) is 26.4 Å². The molecule has 0 aromatic heterocycles. The van der Waals surface area contributed by atoms with E-state index >= 15 is 0 Å². The van der Waals surface area contributed by atoms with Crippen LogP contribution in [0.4, 0.5) is 0 Å². The molecule has 5 heteroatoms. The fourth-order valence-corrected chi connectivity index (χ4v) is 2.63. The van der Waals surface area contributed by atoms with Crippen LogP contribution in [-0.2, 0) is 4.79 Å². The number of hydrogen-bond donors (Lipinski definition) is 1. The van der Waals surface area contributed by atoms with E-state index in [0.717, 1.165) is 28.5 Å². The van der Waals surface area contributed by atoms with Crippen molar-refractivity contribution in [3.8, 4) is 11.5 Å². The molecule has 0 aliphatic carbocycles. The highest BCUT2D eigenvalue weighted by Gasteiger charge is 2.14. The first-order chi connectivity index (χ1) is 13.7. The van der Waals surface area contributed by atoms with E-state index in [1.807, 2.05) is 66.7 Å². The van der Waals surface area contributed by atoms with E-state index in [0.29, 0.717) is 12.4 Å². The number of hydrazone groups is 1. The van der Waals surface area contributed by atoms with Crippen LogP contribution in [0.3, 0.4) is 0 Å². The summed E-state index contributed by atoms with van der Waals surface area (Å²) in [6.45, 7) is 4.45. The van der Waals surface area contributed by atoms with Crippen LogP contribution in [0.15, 0.2) is 71.8 Å². The number of benzene rings is 3. The molecule has 0 bridgehead atoms. The molecule has 1 N–H and O–H groups in total. The maximum absolute atomic E-state index is 12.2. The van der Waals surface area contributed by atoms with Crippen LogP contribution in [0, 0.1) is 0 Å². The van der Waals surface area contributed by atoms with Crippen molar-refractivity contribution < 1.29 is 14.3 Å². The average Bonchev–Trinajstić information content (AvgIpc) is 2.73. The predicted molar refractivity (Wildman–Crippen MR) is 112 cm³/mol. The molecule has 0 aliphatic rings. The summed E-state index contributed by atoms with van der Waals surface area (Å²) in [6.07, 6.45) is 1.89. The molecule has 0 radical (unpaired) electrons. The average molecular weight is 376 g/mol. The minimum absolute atomic E-state index is 0.313. The largest absolute Gasteiger partial charge is 0.494 e. The summed E-state index contributed by atoms with van der Waals surface area (Å²) >= 11 is 0. The van der Waals surface area contributed by atoms with Crippen molar-refractivity contribution in [1.82, 2.24) is 5.43 Å². The number of rotatable bonds is 8. The van der Waals surface area contributed by atoms with Crippen LogP contribution in [-0.4, -0.2) is 24.8 Å². The lowest BCUT2D eigenvalue weighted by Crippen LogP contribution is -2.33. The molecule has 0 saturated heterocycles. The molecule has 144 valence electrons. The van der Waals surface area contributed by atoms with Gasteiger partial charge < -0.3 is 9.47 Å². The summed E-state index contributed by atoms with van der Waals surface area (Å²) in [7, 11) is 0. The number of ether oxygens (including phenoxy) is 2. The quantitative estimate of drug-likeness (QED) is 0.464. The fourth-order valence-electron chi connectivity index (χ4n) is 2.63.